The molecule has 0 atom stereocenters. The number of aliphatic carboxylic acids is 1. The molecule has 0 saturated heterocycles. The fourth-order valence-corrected chi connectivity index (χ4v) is 2.28. The van der Waals surface area contributed by atoms with Gasteiger partial charge < -0.3 is 10.8 Å². The van der Waals surface area contributed by atoms with Crippen molar-refractivity contribution in [3.8, 4) is 0 Å². The summed E-state index contributed by atoms with van der Waals surface area (Å²) >= 11 is 0. The van der Waals surface area contributed by atoms with Crippen LogP contribution in [0.4, 0.5) is 5.82 Å². The number of nitrogen functional groups attached to an aromatic ring is 1. The van der Waals surface area contributed by atoms with Crippen LogP contribution in [0.5, 0.6) is 0 Å². The van der Waals surface area contributed by atoms with Gasteiger partial charge in [0, 0.05) is 12.0 Å². The molecule has 0 spiro atoms. The van der Waals surface area contributed by atoms with Crippen molar-refractivity contribution in [2.45, 2.75) is 44.6 Å². The van der Waals surface area contributed by atoms with Crippen LogP contribution in [0.1, 0.15) is 43.7 Å². The molecular weight excluding hydrogens is 206 g/mol. The third-order valence-corrected chi connectivity index (χ3v) is 3.19. The normalized spacial score (nSPS) is 16.8. The van der Waals surface area contributed by atoms with Crippen LogP contribution < -0.4 is 5.73 Å². The smallest absolute Gasteiger partial charge is 0.303 e. The minimum atomic E-state index is -0.798. The van der Waals surface area contributed by atoms with Crippen molar-refractivity contribution < 1.29 is 9.90 Å². The molecule has 5 nitrogen and oxygen atoms in total. The fourth-order valence-electron chi connectivity index (χ4n) is 2.28. The van der Waals surface area contributed by atoms with E-state index in [1.54, 1.807) is 6.20 Å². The lowest BCUT2D eigenvalue weighted by Crippen LogP contribution is -2.10. The average molecular weight is 223 g/mol. The first kappa shape index (κ1) is 11.0. The number of anilines is 1. The number of rotatable bonds is 4. The van der Waals surface area contributed by atoms with E-state index in [2.05, 4.69) is 5.10 Å². The van der Waals surface area contributed by atoms with Gasteiger partial charge in [0.15, 0.2) is 0 Å². The van der Waals surface area contributed by atoms with E-state index in [0.717, 1.165) is 18.4 Å². The van der Waals surface area contributed by atoms with E-state index in [1.807, 2.05) is 4.68 Å². The molecule has 1 heterocycles. The van der Waals surface area contributed by atoms with Gasteiger partial charge in [0.25, 0.3) is 0 Å². The summed E-state index contributed by atoms with van der Waals surface area (Å²) < 4.78 is 1.87. The first-order valence-electron chi connectivity index (χ1n) is 5.72. The SMILES string of the molecule is Nc1c(CCC(=O)O)cnn1C1CCCC1. The van der Waals surface area contributed by atoms with Crippen LogP contribution in [0, 0.1) is 0 Å². The summed E-state index contributed by atoms with van der Waals surface area (Å²) in [5, 5.41) is 12.9. The lowest BCUT2D eigenvalue weighted by atomic mass is 10.2. The summed E-state index contributed by atoms with van der Waals surface area (Å²) in [4.78, 5) is 10.5. The number of carboxylic acid groups (broad SMARTS) is 1. The van der Waals surface area contributed by atoms with Crippen LogP contribution in [-0.4, -0.2) is 20.9 Å². The molecule has 1 aromatic heterocycles. The highest BCUT2D eigenvalue weighted by Crippen LogP contribution is 2.31. The maximum atomic E-state index is 10.5. The first-order valence-corrected chi connectivity index (χ1v) is 5.72. The molecule has 88 valence electrons. The number of carbonyl (C=O) groups is 1. The van der Waals surface area contributed by atoms with Crippen molar-refractivity contribution in [3.05, 3.63) is 11.8 Å². The molecule has 0 bridgehead atoms. The lowest BCUT2D eigenvalue weighted by molar-refractivity contribution is -0.136. The number of carboxylic acids is 1. The van der Waals surface area contributed by atoms with E-state index in [1.165, 1.54) is 12.8 Å². The number of aryl methyl sites for hydroxylation is 1. The minimum absolute atomic E-state index is 0.112. The highest BCUT2D eigenvalue weighted by Gasteiger charge is 2.20. The number of nitrogens with two attached hydrogens (primary N) is 1. The highest BCUT2D eigenvalue weighted by molar-refractivity contribution is 5.67. The summed E-state index contributed by atoms with van der Waals surface area (Å²) in [7, 11) is 0. The van der Waals surface area contributed by atoms with Crippen molar-refractivity contribution in [3.63, 3.8) is 0 Å². The Bertz CT molecular complexity index is 381. The summed E-state index contributed by atoms with van der Waals surface area (Å²) in [6, 6.07) is 0.415. The molecule has 0 aromatic carbocycles. The Balaban J connectivity index is 2.07. The Morgan fingerprint density at radius 3 is 2.88 bits per heavy atom. The van der Waals surface area contributed by atoms with E-state index in [0.29, 0.717) is 18.3 Å². The zero-order valence-corrected chi connectivity index (χ0v) is 9.22. The molecule has 0 aliphatic heterocycles. The number of hydrogen-bond acceptors (Lipinski definition) is 3. The molecule has 1 saturated carbocycles. The molecule has 1 fully saturated rings. The molecule has 2 rings (SSSR count). The zero-order valence-electron chi connectivity index (χ0n) is 9.22. The van der Waals surface area contributed by atoms with Gasteiger partial charge in [0.1, 0.15) is 5.82 Å². The van der Waals surface area contributed by atoms with Crippen LogP contribution in [0.25, 0.3) is 0 Å². The Morgan fingerprint density at radius 2 is 2.25 bits per heavy atom. The quantitative estimate of drug-likeness (QED) is 0.812. The molecule has 1 aliphatic rings. The predicted molar refractivity (Wildman–Crippen MR) is 60.1 cm³/mol. The van der Waals surface area contributed by atoms with E-state index >= 15 is 0 Å². The Morgan fingerprint density at radius 1 is 1.56 bits per heavy atom. The summed E-state index contributed by atoms with van der Waals surface area (Å²) in [5.74, 6) is -0.152. The monoisotopic (exact) mass is 223 g/mol. The van der Waals surface area contributed by atoms with Crippen molar-refractivity contribution in [1.82, 2.24) is 9.78 Å². The molecule has 0 amide bonds. The molecular formula is C11H17N3O2. The van der Waals surface area contributed by atoms with Gasteiger partial charge in [-0.05, 0) is 19.3 Å². The van der Waals surface area contributed by atoms with Crippen molar-refractivity contribution >= 4 is 11.8 Å². The largest absolute Gasteiger partial charge is 0.481 e. The highest BCUT2D eigenvalue weighted by atomic mass is 16.4. The van der Waals surface area contributed by atoms with Gasteiger partial charge in [0.05, 0.1) is 12.2 Å². The van der Waals surface area contributed by atoms with Crippen molar-refractivity contribution in [2.24, 2.45) is 0 Å². The third kappa shape index (κ3) is 2.18. The predicted octanol–water partition coefficient (Wildman–Crippen LogP) is 1.60. The van der Waals surface area contributed by atoms with Gasteiger partial charge in [-0.15, -0.1) is 0 Å². The van der Waals surface area contributed by atoms with Gasteiger partial charge in [-0.1, -0.05) is 12.8 Å². The summed E-state index contributed by atoms with van der Waals surface area (Å²) in [5.41, 5.74) is 6.83. The second kappa shape index (κ2) is 4.55. The zero-order chi connectivity index (χ0) is 11.5. The Kier molecular flexibility index (Phi) is 3.12. The molecule has 1 aliphatic carbocycles. The number of nitrogens with zero attached hydrogens (tertiary/aromatic N) is 2. The molecule has 1 aromatic rings. The van der Waals surface area contributed by atoms with E-state index < -0.39 is 5.97 Å². The van der Waals surface area contributed by atoms with Gasteiger partial charge in [0.2, 0.25) is 0 Å². The topological polar surface area (TPSA) is 81.1 Å². The number of aromatic nitrogens is 2. The maximum Gasteiger partial charge on any atom is 0.303 e. The second-order valence-corrected chi connectivity index (χ2v) is 4.33. The van der Waals surface area contributed by atoms with Crippen molar-refractivity contribution in [2.75, 3.05) is 5.73 Å². The lowest BCUT2D eigenvalue weighted by Gasteiger charge is -2.11. The van der Waals surface area contributed by atoms with Crippen LogP contribution in [0.3, 0.4) is 0 Å². The van der Waals surface area contributed by atoms with Crippen LogP contribution in [0.2, 0.25) is 0 Å². The van der Waals surface area contributed by atoms with Crippen LogP contribution in [-0.2, 0) is 11.2 Å². The van der Waals surface area contributed by atoms with E-state index in [4.69, 9.17) is 10.8 Å². The number of hydrogen-bond donors (Lipinski definition) is 2. The molecule has 5 heteroatoms. The van der Waals surface area contributed by atoms with Gasteiger partial charge in [-0.25, -0.2) is 4.68 Å². The van der Waals surface area contributed by atoms with Gasteiger partial charge in [-0.2, -0.15) is 5.10 Å². The fraction of sp³-hybridized carbons (Fsp3) is 0.636. The minimum Gasteiger partial charge on any atom is -0.481 e. The molecule has 0 radical (unpaired) electrons. The Hall–Kier alpha value is -1.52. The van der Waals surface area contributed by atoms with E-state index in [9.17, 15) is 4.79 Å². The first-order chi connectivity index (χ1) is 7.68. The van der Waals surface area contributed by atoms with Gasteiger partial charge >= 0.3 is 5.97 Å². The second-order valence-electron chi connectivity index (χ2n) is 4.33. The molecule has 3 N–H and O–H groups in total. The Labute approximate surface area is 94.2 Å². The summed E-state index contributed by atoms with van der Waals surface area (Å²) in [6.45, 7) is 0. The average Bonchev–Trinajstić information content (AvgIpc) is 2.84. The maximum absolute atomic E-state index is 10.5. The van der Waals surface area contributed by atoms with Crippen LogP contribution in [0.15, 0.2) is 6.20 Å². The third-order valence-electron chi connectivity index (χ3n) is 3.19. The molecule has 16 heavy (non-hydrogen) atoms. The van der Waals surface area contributed by atoms with Gasteiger partial charge in [-0.3, -0.25) is 4.79 Å². The van der Waals surface area contributed by atoms with Crippen LogP contribution >= 0.6 is 0 Å². The van der Waals surface area contributed by atoms with Crippen molar-refractivity contribution in [1.29, 1.82) is 0 Å². The van der Waals surface area contributed by atoms with E-state index in [-0.39, 0.29) is 6.42 Å². The summed E-state index contributed by atoms with van der Waals surface area (Å²) in [6.07, 6.45) is 7.00. The molecule has 0 unspecified atom stereocenters. The standard InChI is InChI=1S/C11H17N3O2/c12-11-8(5-6-10(15)16)7-13-14(11)9-3-1-2-4-9/h7,9H,1-6,12H2,(H,15,16).